The van der Waals surface area contributed by atoms with Gasteiger partial charge in [-0.1, -0.05) is 24.5 Å². The fraction of sp³-hybridized carbons (Fsp3) is 0.833. The van der Waals surface area contributed by atoms with Gasteiger partial charge in [0.05, 0.1) is 6.04 Å². The van der Waals surface area contributed by atoms with Gasteiger partial charge in [0.2, 0.25) is 0 Å². The van der Waals surface area contributed by atoms with Crippen LogP contribution in [0.4, 0.5) is 5.82 Å². The molecule has 3 rings (SSSR count). The lowest BCUT2D eigenvalue weighted by molar-refractivity contribution is 0.288. The lowest BCUT2D eigenvalue weighted by Crippen LogP contribution is -2.20. The topological polar surface area (TPSA) is 56.7 Å². The fourth-order valence-electron chi connectivity index (χ4n) is 2.88. The van der Waals surface area contributed by atoms with E-state index in [9.17, 15) is 0 Å². The summed E-state index contributed by atoms with van der Waals surface area (Å²) in [5, 5.41) is 8.58. The van der Waals surface area contributed by atoms with E-state index in [-0.39, 0.29) is 0 Å². The smallest absolute Gasteiger partial charge is 0.146 e. The molecule has 2 aliphatic carbocycles. The van der Waals surface area contributed by atoms with Gasteiger partial charge in [-0.05, 0) is 32.1 Å². The van der Waals surface area contributed by atoms with E-state index in [0.29, 0.717) is 12.0 Å². The Morgan fingerprint density at radius 1 is 1.00 bits per heavy atom. The third kappa shape index (κ3) is 1.60. The summed E-state index contributed by atoms with van der Waals surface area (Å²) in [7, 11) is 0. The normalized spacial score (nSPS) is 23.2. The van der Waals surface area contributed by atoms with Crippen LogP contribution in [0.5, 0.6) is 0 Å². The van der Waals surface area contributed by atoms with Gasteiger partial charge >= 0.3 is 0 Å². The summed E-state index contributed by atoms with van der Waals surface area (Å²) in [6.45, 7) is 0. The third-order valence-electron chi connectivity index (χ3n) is 4.17. The highest BCUT2D eigenvalue weighted by Gasteiger charge is 2.27. The Balaban J connectivity index is 1.81. The first-order valence-electron chi connectivity index (χ1n) is 6.57. The maximum absolute atomic E-state index is 6.18. The van der Waals surface area contributed by atoms with Gasteiger partial charge in [0.25, 0.3) is 0 Å². The second kappa shape index (κ2) is 4.07. The summed E-state index contributed by atoms with van der Waals surface area (Å²) >= 11 is 0. The van der Waals surface area contributed by atoms with Crippen LogP contribution >= 0.6 is 0 Å². The van der Waals surface area contributed by atoms with Crippen molar-refractivity contribution in [1.29, 1.82) is 0 Å². The second-order valence-electron chi connectivity index (χ2n) is 5.22. The summed E-state index contributed by atoms with van der Waals surface area (Å²) in [6.07, 6.45) is 10.2. The van der Waals surface area contributed by atoms with Crippen LogP contribution in [0.3, 0.4) is 0 Å². The summed E-state index contributed by atoms with van der Waals surface area (Å²) in [4.78, 5) is 0. The molecular formula is C12H20N4. The number of hydrogen-bond acceptors (Lipinski definition) is 3. The van der Waals surface area contributed by atoms with E-state index in [1.807, 2.05) is 4.68 Å². The van der Waals surface area contributed by atoms with Crippen LogP contribution in [0.15, 0.2) is 0 Å². The molecule has 0 bridgehead atoms. The molecule has 0 radical (unpaired) electrons. The largest absolute Gasteiger partial charge is 0.382 e. The first-order chi connectivity index (χ1) is 7.86. The molecular weight excluding hydrogens is 200 g/mol. The van der Waals surface area contributed by atoms with Crippen LogP contribution in [0.2, 0.25) is 0 Å². The molecule has 2 aliphatic rings. The molecule has 2 fully saturated rings. The van der Waals surface area contributed by atoms with Crippen LogP contribution < -0.4 is 5.73 Å². The van der Waals surface area contributed by atoms with E-state index < -0.39 is 0 Å². The van der Waals surface area contributed by atoms with E-state index in [1.165, 1.54) is 51.4 Å². The maximum atomic E-state index is 6.18. The average Bonchev–Trinajstić information content (AvgIpc) is 2.60. The van der Waals surface area contributed by atoms with Gasteiger partial charge in [-0.15, -0.1) is 5.10 Å². The van der Waals surface area contributed by atoms with E-state index >= 15 is 0 Å². The van der Waals surface area contributed by atoms with Crippen molar-refractivity contribution in [2.75, 3.05) is 5.73 Å². The highest BCUT2D eigenvalue weighted by Crippen LogP contribution is 2.37. The van der Waals surface area contributed by atoms with Crippen molar-refractivity contribution >= 4 is 5.82 Å². The summed E-state index contributed by atoms with van der Waals surface area (Å²) < 4.78 is 1.97. The number of nitrogens with zero attached hydrogens (tertiary/aromatic N) is 3. The van der Waals surface area contributed by atoms with Crippen LogP contribution in [0.25, 0.3) is 0 Å². The molecule has 0 atom stereocenters. The molecule has 0 unspecified atom stereocenters. The van der Waals surface area contributed by atoms with E-state index in [1.54, 1.807) is 0 Å². The van der Waals surface area contributed by atoms with Crippen molar-refractivity contribution in [2.24, 2.45) is 0 Å². The molecule has 2 N–H and O–H groups in total. The number of hydrogen-bond donors (Lipinski definition) is 1. The Labute approximate surface area is 96.2 Å². The molecule has 0 spiro atoms. The average molecular weight is 220 g/mol. The molecule has 16 heavy (non-hydrogen) atoms. The summed E-state index contributed by atoms with van der Waals surface area (Å²) in [5.74, 6) is 1.42. The quantitative estimate of drug-likeness (QED) is 0.833. The minimum Gasteiger partial charge on any atom is -0.382 e. The minimum atomic E-state index is 0.532. The van der Waals surface area contributed by atoms with Crippen molar-refractivity contribution in [2.45, 2.75) is 63.3 Å². The van der Waals surface area contributed by atoms with Gasteiger partial charge in [-0.3, -0.25) is 0 Å². The lowest BCUT2D eigenvalue weighted by Gasteiger charge is -2.26. The standard InChI is InChI=1S/C12H20N4/c13-12-11(9-5-2-1-3-6-9)14-15-16(12)10-7-4-8-10/h9-10H,1-8,13H2. The van der Waals surface area contributed by atoms with Crippen molar-refractivity contribution < 1.29 is 0 Å². The molecule has 1 aromatic rings. The van der Waals surface area contributed by atoms with Crippen LogP contribution in [-0.2, 0) is 0 Å². The molecule has 4 nitrogen and oxygen atoms in total. The molecule has 0 aromatic carbocycles. The van der Waals surface area contributed by atoms with Gasteiger partial charge in [0.15, 0.2) is 0 Å². The zero-order valence-corrected chi connectivity index (χ0v) is 9.73. The second-order valence-corrected chi connectivity index (χ2v) is 5.22. The summed E-state index contributed by atoms with van der Waals surface area (Å²) in [6, 6.07) is 0.532. The van der Waals surface area contributed by atoms with Crippen molar-refractivity contribution in [1.82, 2.24) is 15.0 Å². The molecule has 88 valence electrons. The van der Waals surface area contributed by atoms with Crippen molar-refractivity contribution in [3.05, 3.63) is 5.69 Å². The number of aromatic nitrogens is 3. The Morgan fingerprint density at radius 2 is 1.75 bits per heavy atom. The Hall–Kier alpha value is -1.06. The highest BCUT2D eigenvalue weighted by molar-refractivity contribution is 5.37. The van der Waals surface area contributed by atoms with E-state index in [0.717, 1.165) is 11.5 Å². The predicted octanol–water partition coefficient (Wildman–Crippen LogP) is 2.63. The maximum Gasteiger partial charge on any atom is 0.146 e. The first-order valence-corrected chi connectivity index (χ1v) is 6.57. The van der Waals surface area contributed by atoms with Crippen molar-refractivity contribution in [3.8, 4) is 0 Å². The zero-order valence-electron chi connectivity index (χ0n) is 9.73. The monoisotopic (exact) mass is 220 g/mol. The molecule has 0 saturated heterocycles. The third-order valence-corrected chi connectivity index (χ3v) is 4.17. The molecule has 0 amide bonds. The lowest BCUT2D eigenvalue weighted by atomic mass is 9.86. The SMILES string of the molecule is Nc1c(C2CCCCC2)nnn1C1CCC1. The number of nitrogen functional groups attached to an aromatic ring is 1. The molecule has 1 aromatic heterocycles. The number of rotatable bonds is 2. The number of nitrogens with two attached hydrogens (primary N) is 1. The van der Waals surface area contributed by atoms with E-state index in [4.69, 9.17) is 5.73 Å². The van der Waals surface area contributed by atoms with E-state index in [2.05, 4.69) is 10.3 Å². The molecule has 1 heterocycles. The summed E-state index contributed by atoms with van der Waals surface area (Å²) in [5.41, 5.74) is 7.26. The van der Waals surface area contributed by atoms with Crippen LogP contribution in [0.1, 0.15) is 69.0 Å². The van der Waals surface area contributed by atoms with Gasteiger partial charge in [0, 0.05) is 5.92 Å². The highest BCUT2D eigenvalue weighted by atomic mass is 15.5. The minimum absolute atomic E-state index is 0.532. The molecule has 2 saturated carbocycles. The van der Waals surface area contributed by atoms with Gasteiger partial charge < -0.3 is 5.73 Å². The molecule has 0 aliphatic heterocycles. The first kappa shape index (κ1) is 10.1. The van der Waals surface area contributed by atoms with Gasteiger partial charge in [0.1, 0.15) is 11.5 Å². The van der Waals surface area contributed by atoms with Gasteiger partial charge in [-0.2, -0.15) is 0 Å². The Bertz CT molecular complexity index is 361. The Kier molecular flexibility index (Phi) is 2.58. The van der Waals surface area contributed by atoms with Crippen LogP contribution in [0, 0.1) is 0 Å². The van der Waals surface area contributed by atoms with Crippen LogP contribution in [-0.4, -0.2) is 15.0 Å². The van der Waals surface area contributed by atoms with Crippen molar-refractivity contribution in [3.63, 3.8) is 0 Å². The fourth-order valence-corrected chi connectivity index (χ4v) is 2.88. The van der Waals surface area contributed by atoms with Gasteiger partial charge in [-0.25, -0.2) is 4.68 Å². The predicted molar refractivity (Wildman–Crippen MR) is 63.1 cm³/mol. The zero-order chi connectivity index (χ0) is 11.0. The Morgan fingerprint density at radius 3 is 2.38 bits per heavy atom. The molecule has 4 heteroatoms. The number of anilines is 1.